The molecule has 3 saturated carbocycles. The second-order valence-corrected chi connectivity index (χ2v) is 10.3. The molecule has 5 rings (SSSR count). The second kappa shape index (κ2) is 5.83. The van der Waals surface area contributed by atoms with Crippen molar-refractivity contribution in [2.75, 3.05) is 6.61 Å². The number of fused-ring (bicyclic) bond motifs is 5. The number of allylic oxidation sites excluding steroid dienone is 1. The van der Waals surface area contributed by atoms with Gasteiger partial charge in [0.15, 0.2) is 0 Å². The SMILES string of the molecule is CC(=O)O[C@H]1CC[C@@]2(C)C(=CC[C@H]3[C@@H]4CC[C@H](C5CO5)[C@@]4(C)CC[C@@H]32)C1. The van der Waals surface area contributed by atoms with E-state index < -0.39 is 0 Å². The lowest BCUT2D eigenvalue weighted by Gasteiger charge is -2.58. The highest BCUT2D eigenvalue weighted by Crippen LogP contribution is 2.67. The first kappa shape index (κ1) is 17.3. The Bertz CT molecular complexity index is 635. The fourth-order valence-corrected chi connectivity index (χ4v) is 7.90. The van der Waals surface area contributed by atoms with Gasteiger partial charge in [0.2, 0.25) is 0 Å². The highest BCUT2D eigenvalue weighted by Gasteiger charge is 2.61. The standard InChI is InChI=1S/C23H34O3/c1-14(24)26-16-8-10-22(2)15(12-16)4-5-17-18-6-7-20(21-13-25-21)23(18,3)11-9-19(17)22/h4,16-21H,5-13H2,1-3H3/t16-,17-,18-,19-,20+,21?,22-,23-/m0/s1. The molecule has 0 aromatic rings. The highest BCUT2D eigenvalue weighted by molar-refractivity contribution is 5.66. The van der Waals surface area contributed by atoms with Crippen molar-refractivity contribution in [3.63, 3.8) is 0 Å². The van der Waals surface area contributed by atoms with E-state index in [-0.39, 0.29) is 12.1 Å². The van der Waals surface area contributed by atoms with Gasteiger partial charge in [0.25, 0.3) is 0 Å². The summed E-state index contributed by atoms with van der Waals surface area (Å²) in [6.45, 7) is 7.67. The topological polar surface area (TPSA) is 38.8 Å². The lowest BCUT2D eigenvalue weighted by Crippen LogP contribution is -2.51. The van der Waals surface area contributed by atoms with E-state index in [1.54, 1.807) is 12.5 Å². The molecular weight excluding hydrogens is 324 g/mol. The monoisotopic (exact) mass is 358 g/mol. The number of rotatable bonds is 2. The number of carbonyl (C=O) groups is 1. The van der Waals surface area contributed by atoms with Gasteiger partial charge in [0.1, 0.15) is 6.10 Å². The zero-order valence-electron chi connectivity index (χ0n) is 16.6. The Labute approximate surface area is 157 Å². The lowest BCUT2D eigenvalue weighted by atomic mass is 9.47. The number of esters is 1. The molecule has 0 bridgehead atoms. The molecule has 0 radical (unpaired) electrons. The summed E-state index contributed by atoms with van der Waals surface area (Å²) in [7, 11) is 0. The van der Waals surface area contributed by atoms with Crippen LogP contribution >= 0.6 is 0 Å². The minimum atomic E-state index is -0.124. The second-order valence-electron chi connectivity index (χ2n) is 10.3. The molecule has 0 aromatic heterocycles. The molecule has 8 atom stereocenters. The summed E-state index contributed by atoms with van der Waals surface area (Å²) in [6, 6.07) is 0. The van der Waals surface area contributed by atoms with E-state index in [1.165, 1.54) is 38.5 Å². The Morgan fingerprint density at radius 3 is 2.62 bits per heavy atom. The van der Waals surface area contributed by atoms with Gasteiger partial charge in [-0.1, -0.05) is 25.5 Å². The Morgan fingerprint density at radius 1 is 1.12 bits per heavy atom. The van der Waals surface area contributed by atoms with Crippen molar-refractivity contribution in [1.82, 2.24) is 0 Å². The Kier molecular flexibility index (Phi) is 3.88. The zero-order valence-corrected chi connectivity index (χ0v) is 16.6. The largest absolute Gasteiger partial charge is 0.462 e. The van der Waals surface area contributed by atoms with Crippen LogP contribution in [0.1, 0.15) is 72.1 Å². The smallest absolute Gasteiger partial charge is 0.302 e. The molecule has 4 fully saturated rings. The summed E-state index contributed by atoms with van der Waals surface area (Å²) >= 11 is 0. The van der Waals surface area contributed by atoms with E-state index >= 15 is 0 Å². The van der Waals surface area contributed by atoms with Crippen molar-refractivity contribution in [1.29, 1.82) is 0 Å². The lowest BCUT2D eigenvalue weighted by molar-refractivity contribution is -0.148. The maximum Gasteiger partial charge on any atom is 0.302 e. The minimum absolute atomic E-state index is 0.111. The van der Waals surface area contributed by atoms with E-state index in [1.807, 2.05) is 0 Å². The van der Waals surface area contributed by atoms with Gasteiger partial charge < -0.3 is 9.47 Å². The average Bonchev–Trinajstić information content (AvgIpc) is 3.36. The third-order valence-electron chi connectivity index (χ3n) is 9.27. The number of hydrogen-bond acceptors (Lipinski definition) is 3. The van der Waals surface area contributed by atoms with Crippen molar-refractivity contribution in [2.45, 2.75) is 84.3 Å². The van der Waals surface area contributed by atoms with Gasteiger partial charge in [0.05, 0.1) is 12.7 Å². The Hall–Kier alpha value is -0.830. The average molecular weight is 359 g/mol. The molecule has 5 aliphatic rings. The highest BCUT2D eigenvalue weighted by atomic mass is 16.6. The van der Waals surface area contributed by atoms with Crippen molar-refractivity contribution in [3.05, 3.63) is 11.6 Å². The fraction of sp³-hybridized carbons (Fsp3) is 0.870. The van der Waals surface area contributed by atoms with Crippen LogP contribution in [0.25, 0.3) is 0 Å². The first-order chi connectivity index (χ1) is 12.4. The van der Waals surface area contributed by atoms with Crippen LogP contribution in [0.3, 0.4) is 0 Å². The minimum Gasteiger partial charge on any atom is -0.462 e. The summed E-state index contributed by atoms with van der Waals surface area (Å²) in [5.41, 5.74) is 2.45. The van der Waals surface area contributed by atoms with Crippen LogP contribution in [0.4, 0.5) is 0 Å². The third kappa shape index (κ3) is 2.45. The number of epoxide rings is 1. The van der Waals surface area contributed by atoms with E-state index in [9.17, 15) is 4.79 Å². The van der Waals surface area contributed by atoms with E-state index in [0.717, 1.165) is 43.1 Å². The van der Waals surface area contributed by atoms with Crippen LogP contribution in [0.2, 0.25) is 0 Å². The van der Waals surface area contributed by atoms with Gasteiger partial charge in [-0.15, -0.1) is 0 Å². The molecule has 0 N–H and O–H groups in total. The van der Waals surface area contributed by atoms with E-state index in [0.29, 0.717) is 16.9 Å². The molecule has 1 heterocycles. The molecule has 3 nitrogen and oxygen atoms in total. The molecule has 1 unspecified atom stereocenters. The molecule has 4 aliphatic carbocycles. The molecule has 3 heteroatoms. The molecule has 0 amide bonds. The van der Waals surface area contributed by atoms with Crippen LogP contribution in [0.15, 0.2) is 11.6 Å². The van der Waals surface area contributed by atoms with Crippen LogP contribution < -0.4 is 0 Å². The van der Waals surface area contributed by atoms with Gasteiger partial charge in [-0.3, -0.25) is 4.79 Å². The first-order valence-electron chi connectivity index (χ1n) is 10.9. The number of hydrogen-bond donors (Lipinski definition) is 0. The zero-order chi connectivity index (χ0) is 18.1. The third-order valence-corrected chi connectivity index (χ3v) is 9.27. The predicted molar refractivity (Wildman–Crippen MR) is 100 cm³/mol. The van der Waals surface area contributed by atoms with Crippen LogP contribution in [0.5, 0.6) is 0 Å². The van der Waals surface area contributed by atoms with Crippen molar-refractivity contribution in [2.24, 2.45) is 34.5 Å². The summed E-state index contributed by atoms with van der Waals surface area (Å²) in [5, 5.41) is 0. The summed E-state index contributed by atoms with van der Waals surface area (Å²) in [4.78, 5) is 11.4. The van der Waals surface area contributed by atoms with Crippen LogP contribution in [-0.4, -0.2) is 24.8 Å². The molecular formula is C23H34O3. The number of carbonyl (C=O) groups excluding carboxylic acids is 1. The first-order valence-corrected chi connectivity index (χ1v) is 10.9. The van der Waals surface area contributed by atoms with Crippen LogP contribution in [-0.2, 0) is 14.3 Å². The quantitative estimate of drug-likeness (QED) is 0.400. The van der Waals surface area contributed by atoms with E-state index in [2.05, 4.69) is 19.9 Å². The van der Waals surface area contributed by atoms with Gasteiger partial charge >= 0.3 is 5.97 Å². The molecule has 0 aromatic carbocycles. The summed E-state index contributed by atoms with van der Waals surface area (Å²) < 4.78 is 11.3. The summed E-state index contributed by atoms with van der Waals surface area (Å²) in [6.07, 6.45) is 13.3. The molecule has 0 spiro atoms. The van der Waals surface area contributed by atoms with Gasteiger partial charge in [-0.2, -0.15) is 0 Å². The normalized spacial score (nSPS) is 52.3. The van der Waals surface area contributed by atoms with Gasteiger partial charge in [0, 0.05) is 13.3 Å². The fourth-order valence-electron chi connectivity index (χ4n) is 7.90. The Balaban J connectivity index is 1.39. The molecule has 1 saturated heterocycles. The van der Waals surface area contributed by atoms with Gasteiger partial charge in [-0.25, -0.2) is 0 Å². The summed E-state index contributed by atoms with van der Waals surface area (Å²) in [5.74, 6) is 3.26. The molecule has 26 heavy (non-hydrogen) atoms. The van der Waals surface area contributed by atoms with Crippen molar-refractivity contribution >= 4 is 5.97 Å². The van der Waals surface area contributed by atoms with E-state index in [4.69, 9.17) is 9.47 Å². The van der Waals surface area contributed by atoms with Crippen molar-refractivity contribution < 1.29 is 14.3 Å². The Morgan fingerprint density at radius 2 is 1.88 bits per heavy atom. The molecule has 144 valence electrons. The maximum atomic E-state index is 11.4. The number of ether oxygens (including phenoxy) is 2. The van der Waals surface area contributed by atoms with Crippen molar-refractivity contribution in [3.8, 4) is 0 Å². The maximum absolute atomic E-state index is 11.4. The van der Waals surface area contributed by atoms with Crippen LogP contribution in [0, 0.1) is 34.5 Å². The van der Waals surface area contributed by atoms with Gasteiger partial charge in [-0.05, 0) is 79.4 Å². The molecule has 1 aliphatic heterocycles. The predicted octanol–water partition coefficient (Wildman–Crippen LogP) is 4.90.